The van der Waals surface area contributed by atoms with Crippen LogP contribution in [0.15, 0.2) is 6.20 Å². The fourth-order valence-electron chi connectivity index (χ4n) is 2.45. The van der Waals surface area contributed by atoms with Crippen molar-refractivity contribution >= 4 is 23.5 Å². The van der Waals surface area contributed by atoms with E-state index in [2.05, 4.69) is 9.55 Å². The van der Waals surface area contributed by atoms with Gasteiger partial charge in [-0.3, -0.25) is 4.79 Å². The van der Waals surface area contributed by atoms with E-state index in [0.717, 1.165) is 30.9 Å². The van der Waals surface area contributed by atoms with E-state index in [1.165, 1.54) is 4.90 Å². The SMILES string of the molecule is Cc1cn2c(n1)CCC(CN(C)C(=O)C(F)Cl)C2.O=C(O)C(F)(F)F. The molecular weight excluding hydrogens is 370 g/mol. The molecule has 2 heterocycles. The van der Waals surface area contributed by atoms with E-state index in [1.807, 2.05) is 13.1 Å². The largest absolute Gasteiger partial charge is 0.490 e. The molecule has 0 aliphatic carbocycles. The normalized spacial score (nSPS) is 17.8. The Hall–Kier alpha value is -1.84. The van der Waals surface area contributed by atoms with Crippen molar-refractivity contribution in [1.82, 2.24) is 14.5 Å². The van der Waals surface area contributed by atoms with Gasteiger partial charge in [-0.15, -0.1) is 0 Å². The van der Waals surface area contributed by atoms with Crippen molar-refractivity contribution < 1.29 is 32.3 Å². The Morgan fingerprint density at radius 3 is 2.56 bits per heavy atom. The number of halogens is 5. The zero-order valence-electron chi connectivity index (χ0n) is 13.6. The fourth-order valence-corrected chi connectivity index (χ4v) is 2.62. The number of fused-ring (bicyclic) bond motifs is 1. The van der Waals surface area contributed by atoms with Crippen molar-refractivity contribution in [2.75, 3.05) is 13.6 Å². The number of aryl methyl sites for hydroxylation is 2. The second-order valence-electron chi connectivity index (χ2n) is 5.68. The first-order chi connectivity index (χ1) is 11.4. The molecule has 1 aromatic heterocycles. The molecule has 1 N–H and O–H groups in total. The number of nitrogens with zero attached hydrogens (tertiary/aromatic N) is 3. The summed E-state index contributed by atoms with van der Waals surface area (Å²) in [6.07, 6.45) is -1.20. The van der Waals surface area contributed by atoms with Crippen molar-refractivity contribution in [2.24, 2.45) is 5.92 Å². The van der Waals surface area contributed by atoms with Crippen LogP contribution in [0.3, 0.4) is 0 Å². The zero-order valence-corrected chi connectivity index (χ0v) is 14.3. The number of carboxylic acids is 1. The molecule has 1 aliphatic rings. The molecule has 2 unspecified atom stereocenters. The van der Waals surface area contributed by atoms with E-state index in [0.29, 0.717) is 12.5 Å². The minimum Gasteiger partial charge on any atom is -0.475 e. The quantitative estimate of drug-likeness (QED) is 0.638. The number of imidazole rings is 1. The molecule has 0 spiro atoms. The Kier molecular flexibility index (Phi) is 7.21. The van der Waals surface area contributed by atoms with Crippen LogP contribution in [-0.2, 0) is 22.6 Å². The average Bonchev–Trinajstić information content (AvgIpc) is 2.85. The van der Waals surface area contributed by atoms with Crippen LogP contribution in [0.1, 0.15) is 17.9 Å². The lowest BCUT2D eigenvalue weighted by atomic mass is 9.99. The highest BCUT2D eigenvalue weighted by Gasteiger charge is 2.38. The molecule has 25 heavy (non-hydrogen) atoms. The molecule has 1 amide bonds. The standard InChI is InChI=1S/C12H17ClFN3O.C2HF3O2/c1-8-5-17-7-9(3-4-10(17)15-8)6-16(2)12(18)11(13)14;3-2(4,5)1(6)7/h5,9,11H,3-4,6-7H2,1-2H3;(H,6,7). The van der Waals surface area contributed by atoms with Crippen molar-refractivity contribution in [3.05, 3.63) is 17.7 Å². The van der Waals surface area contributed by atoms with Crippen LogP contribution in [0.25, 0.3) is 0 Å². The molecule has 0 bridgehead atoms. The maximum atomic E-state index is 12.7. The van der Waals surface area contributed by atoms with Crippen molar-refractivity contribution in [1.29, 1.82) is 0 Å². The van der Waals surface area contributed by atoms with Crippen LogP contribution in [0.5, 0.6) is 0 Å². The molecule has 2 atom stereocenters. The number of carbonyl (C=O) groups excluding carboxylic acids is 1. The highest BCUT2D eigenvalue weighted by atomic mass is 35.5. The number of hydrogen-bond donors (Lipinski definition) is 1. The molecule has 2 rings (SSSR count). The predicted molar refractivity (Wildman–Crippen MR) is 80.9 cm³/mol. The van der Waals surface area contributed by atoms with Gasteiger partial charge in [-0.2, -0.15) is 13.2 Å². The molecule has 142 valence electrons. The van der Waals surface area contributed by atoms with Crippen LogP contribution in [-0.4, -0.2) is 56.8 Å². The number of rotatable bonds is 3. The summed E-state index contributed by atoms with van der Waals surface area (Å²) in [5, 5.41) is 7.12. The van der Waals surface area contributed by atoms with Crippen LogP contribution in [0, 0.1) is 12.8 Å². The molecule has 11 heteroatoms. The lowest BCUT2D eigenvalue weighted by Crippen LogP contribution is -2.38. The molecule has 0 saturated carbocycles. The zero-order chi connectivity index (χ0) is 19.4. The maximum absolute atomic E-state index is 12.7. The number of aliphatic carboxylic acids is 1. The van der Waals surface area contributed by atoms with E-state index < -0.39 is 23.7 Å². The van der Waals surface area contributed by atoms with Gasteiger partial charge in [-0.25, -0.2) is 14.2 Å². The molecule has 6 nitrogen and oxygen atoms in total. The molecule has 0 radical (unpaired) electrons. The number of alkyl halides is 5. The second-order valence-corrected chi connectivity index (χ2v) is 6.06. The number of carboxylic acid groups (broad SMARTS) is 1. The second kappa shape index (κ2) is 8.50. The third-order valence-corrected chi connectivity index (χ3v) is 3.73. The summed E-state index contributed by atoms with van der Waals surface area (Å²) < 4.78 is 46.6. The third-order valence-electron chi connectivity index (χ3n) is 3.55. The van der Waals surface area contributed by atoms with Crippen LogP contribution in [0.4, 0.5) is 17.6 Å². The Balaban J connectivity index is 0.000000381. The van der Waals surface area contributed by atoms with Gasteiger partial charge < -0.3 is 14.6 Å². The van der Waals surface area contributed by atoms with Gasteiger partial charge >= 0.3 is 12.1 Å². The summed E-state index contributed by atoms with van der Waals surface area (Å²) in [5.74, 6) is -1.99. The molecule has 1 aliphatic heterocycles. The Morgan fingerprint density at radius 1 is 1.52 bits per heavy atom. The summed E-state index contributed by atoms with van der Waals surface area (Å²) >= 11 is 5.15. The van der Waals surface area contributed by atoms with E-state index >= 15 is 0 Å². The highest BCUT2D eigenvalue weighted by molar-refractivity contribution is 6.29. The summed E-state index contributed by atoms with van der Waals surface area (Å²) in [4.78, 5) is 26.1. The first-order valence-electron chi connectivity index (χ1n) is 7.27. The summed E-state index contributed by atoms with van der Waals surface area (Å²) in [6.45, 7) is 3.33. The highest BCUT2D eigenvalue weighted by Crippen LogP contribution is 2.21. The number of hydrogen-bond acceptors (Lipinski definition) is 3. The van der Waals surface area contributed by atoms with Crippen molar-refractivity contribution in [3.63, 3.8) is 0 Å². The Morgan fingerprint density at radius 2 is 2.08 bits per heavy atom. The smallest absolute Gasteiger partial charge is 0.475 e. The topological polar surface area (TPSA) is 75.4 Å². The van der Waals surface area contributed by atoms with Crippen LogP contribution in [0.2, 0.25) is 0 Å². The molecule has 0 fully saturated rings. The maximum Gasteiger partial charge on any atom is 0.490 e. The first-order valence-corrected chi connectivity index (χ1v) is 7.71. The summed E-state index contributed by atoms with van der Waals surface area (Å²) in [6, 6.07) is 0. The molecule has 0 aromatic carbocycles. The lowest BCUT2D eigenvalue weighted by Gasteiger charge is -2.28. The van der Waals surface area contributed by atoms with Crippen molar-refractivity contribution in [3.8, 4) is 0 Å². The van der Waals surface area contributed by atoms with Gasteiger partial charge in [-0.1, -0.05) is 11.6 Å². The Bertz CT molecular complexity index is 619. The number of aromatic nitrogens is 2. The minimum atomic E-state index is -5.08. The van der Waals surface area contributed by atoms with Gasteiger partial charge in [0.15, 0.2) is 0 Å². The summed E-state index contributed by atoms with van der Waals surface area (Å²) in [5.41, 5.74) is -0.927. The van der Waals surface area contributed by atoms with Gasteiger partial charge in [0.05, 0.1) is 5.69 Å². The van der Waals surface area contributed by atoms with Gasteiger partial charge in [0, 0.05) is 32.8 Å². The van der Waals surface area contributed by atoms with Gasteiger partial charge in [0.2, 0.25) is 0 Å². The van der Waals surface area contributed by atoms with Gasteiger partial charge in [0.1, 0.15) is 5.82 Å². The van der Waals surface area contributed by atoms with Gasteiger partial charge in [0.25, 0.3) is 11.5 Å². The minimum absolute atomic E-state index is 0.329. The fraction of sp³-hybridized carbons (Fsp3) is 0.643. The summed E-state index contributed by atoms with van der Waals surface area (Å²) in [7, 11) is 1.59. The first kappa shape index (κ1) is 21.2. The molecule has 1 aromatic rings. The van der Waals surface area contributed by atoms with Crippen LogP contribution >= 0.6 is 11.6 Å². The number of carbonyl (C=O) groups is 2. The number of amides is 1. The lowest BCUT2D eigenvalue weighted by molar-refractivity contribution is -0.192. The third kappa shape index (κ3) is 6.52. The van der Waals surface area contributed by atoms with E-state index in [4.69, 9.17) is 21.5 Å². The monoisotopic (exact) mass is 387 g/mol. The molecular formula is C14H18ClF4N3O3. The van der Waals surface area contributed by atoms with E-state index in [1.54, 1.807) is 7.05 Å². The predicted octanol–water partition coefficient (Wildman–Crippen LogP) is 2.38. The van der Waals surface area contributed by atoms with E-state index in [-0.39, 0.29) is 0 Å². The van der Waals surface area contributed by atoms with Crippen LogP contribution < -0.4 is 0 Å². The van der Waals surface area contributed by atoms with E-state index in [9.17, 15) is 22.4 Å². The van der Waals surface area contributed by atoms with Crippen molar-refractivity contribution in [2.45, 2.75) is 38.1 Å². The average molecular weight is 388 g/mol. The Labute approximate surface area is 146 Å². The van der Waals surface area contributed by atoms with Gasteiger partial charge in [-0.05, 0) is 19.3 Å². The molecule has 0 saturated heterocycles.